The molecule has 0 aliphatic carbocycles. The summed E-state index contributed by atoms with van der Waals surface area (Å²) in [5, 5.41) is 0. The second-order valence-corrected chi connectivity index (χ2v) is 3.17. The molecular weight excluding hydrogens is 171 g/mol. The number of ether oxygens (including phenoxy) is 2. The fraction of sp³-hybridized carbons (Fsp3) is 0.400. The summed E-state index contributed by atoms with van der Waals surface area (Å²) in [6, 6.07) is 3.19. The van der Waals surface area contributed by atoms with Gasteiger partial charge in [0, 0.05) is 5.56 Å². The van der Waals surface area contributed by atoms with Crippen LogP contribution in [0.25, 0.3) is 0 Å². The molecule has 1 atom stereocenters. The lowest BCUT2D eigenvalue weighted by Gasteiger charge is -2.07. The first-order valence-electron chi connectivity index (χ1n) is 4.18. The van der Waals surface area contributed by atoms with E-state index >= 15 is 0 Å². The smallest absolute Gasteiger partial charge is 0.126 e. The molecule has 0 amide bonds. The maximum atomic E-state index is 13.2. The predicted molar refractivity (Wildman–Crippen MR) is 46.4 cm³/mol. The number of hydrogen-bond acceptors (Lipinski definition) is 2. The van der Waals surface area contributed by atoms with E-state index in [1.807, 2.05) is 0 Å². The van der Waals surface area contributed by atoms with Gasteiger partial charge in [-0.15, -0.1) is 0 Å². The van der Waals surface area contributed by atoms with Crippen LogP contribution in [-0.4, -0.2) is 13.7 Å². The molecule has 1 heterocycles. The van der Waals surface area contributed by atoms with Crippen LogP contribution in [-0.2, 0) is 4.74 Å². The lowest BCUT2D eigenvalue weighted by atomic mass is 10.1. The van der Waals surface area contributed by atoms with E-state index in [2.05, 4.69) is 0 Å². The third kappa shape index (κ3) is 1.52. The highest BCUT2D eigenvalue weighted by molar-refractivity contribution is 5.40. The molecule has 1 aliphatic heterocycles. The zero-order valence-corrected chi connectivity index (χ0v) is 7.63. The van der Waals surface area contributed by atoms with Crippen molar-refractivity contribution in [3.05, 3.63) is 29.1 Å². The number of rotatable bonds is 2. The van der Waals surface area contributed by atoms with Crippen molar-refractivity contribution in [2.75, 3.05) is 13.7 Å². The lowest BCUT2D eigenvalue weighted by molar-refractivity contribution is 0.381. The first kappa shape index (κ1) is 8.51. The quantitative estimate of drug-likeness (QED) is 0.654. The highest BCUT2D eigenvalue weighted by atomic mass is 19.1. The van der Waals surface area contributed by atoms with Gasteiger partial charge < -0.3 is 9.47 Å². The Morgan fingerprint density at radius 2 is 2.23 bits per heavy atom. The number of benzene rings is 1. The highest BCUT2D eigenvalue weighted by Crippen LogP contribution is 2.37. The maximum absolute atomic E-state index is 13.2. The number of halogens is 1. The Morgan fingerprint density at radius 3 is 2.77 bits per heavy atom. The third-order valence-corrected chi connectivity index (χ3v) is 2.19. The summed E-state index contributed by atoms with van der Waals surface area (Å²) < 4.78 is 23.4. The summed E-state index contributed by atoms with van der Waals surface area (Å²) in [7, 11) is 1.58. The first-order chi connectivity index (χ1) is 6.22. The number of epoxide rings is 1. The third-order valence-electron chi connectivity index (χ3n) is 2.19. The Balaban J connectivity index is 2.46. The average Bonchev–Trinajstić information content (AvgIpc) is 2.92. The second kappa shape index (κ2) is 3.00. The fourth-order valence-corrected chi connectivity index (χ4v) is 1.33. The van der Waals surface area contributed by atoms with Crippen molar-refractivity contribution in [2.24, 2.45) is 0 Å². The van der Waals surface area contributed by atoms with Gasteiger partial charge >= 0.3 is 0 Å². The van der Waals surface area contributed by atoms with E-state index in [9.17, 15) is 4.39 Å². The SMILES string of the molecule is COc1cc(C)c(F)cc1C1CO1. The van der Waals surface area contributed by atoms with Gasteiger partial charge in [-0.05, 0) is 24.6 Å². The van der Waals surface area contributed by atoms with Crippen LogP contribution in [0, 0.1) is 12.7 Å². The largest absolute Gasteiger partial charge is 0.496 e. The van der Waals surface area contributed by atoms with Crippen LogP contribution in [0.4, 0.5) is 4.39 Å². The molecule has 0 bridgehead atoms. The molecule has 1 aromatic rings. The molecule has 2 rings (SSSR count). The Morgan fingerprint density at radius 1 is 1.54 bits per heavy atom. The van der Waals surface area contributed by atoms with Gasteiger partial charge in [-0.2, -0.15) is 0 Å². The van der Waals surface area contributed by atoms with Crippen molar-refractivity contribution in [1.82, 2.24) is 0 Å². The van der Waals surface area contributed by atoms with Gasteiger partial charge in [0.2, 0.25) is 0 Å². The van der Waals surface area contributed by atoms with Crippen LogP contribution >= 0.6 is 0 Å². The van der Waals surface area contributed by atoms with Crippen LogP contribution < -0.4 is 4.74 Å². The predicted octanol–water partition coefficient (Wildman–Crippen LogP) is 2.21. The summed E-state index contributed by atoms with van der Waals surface area (Å²) in [6.07, 6.45) is 0.0325. The minimum Gasteiger partial charge on any atom is -0.496 e. The minimum atomic E-state index is -0.202. The van der Waals surface area contributed by atoms with Gasteiger partial charge in [0.1, 0.15) is 17.7 Å². The van der Waals surface area contributed by atoms with Crippen LogP contribution in [0.3, 0.4) is 0 Å². The Hall–Kier alpha value is -1.09. The van der Waals surface area contributed by atoms with Crippen molar-refractivity contribution < 1.29 is 13.9 Å². The van der Waals surface area contributed by atoms with E-state index in [4.69, 9.17) is 9.47 Å². The van der Waals surface area contributed by atoms with Crippen LogP contribution in [0.1, 0.15) is 17.2 Å². The van der Waals surface area contributed by atoms with E-state index in [-0.39, 0.29) is 11.9 Å². The van der Waals surface area contributed by atoms with Gasteiger partial charge in [-0.1, -0.05) is 0 Å². The molecule has 1 fully saturated rings. The molecule has 0 N–H and O–H groups in total. The average molecular weight is 182 g/mol. The molecule has 1 aliphatic rings. The van der Waals surface area contributed by atoms with Gasteiger partial charge in [-0.25, -0.2) is 4.39 Å². The van der Waals surface area contributed by atoms with Gasteiger partial charge in [-0.3, -0.25) is 0 Å². The Bertz CT molecular complexity index is 332. The minimum absolute atomic E-state index is 0.0325. The standard InChI is InChI=1S/C10H11FO2/c1-6-3-9(12-2)7(4-8(6)11)10-5-13-10/h3-4,10H,5H2,1-2H3. The molecule has 13 heavy (non-hydrogen) atoms. The maximum Gasteiger partial charge on any atom is 0.126 e. The lowest BCUT2D eigenvalue weighted by Crippen LogP contribution is -1.94. The zero-order chi connectivity index (χ0) is 9.42. The van der Waals surface area contributed by atoms with Crippen molar-refractivity contribution in [3.63, 3.8) is 0 Å². The molecule has 70 valence electrons. The fourth-order valence-electron chi connectivity index (χ4n) is 1.33. The molecule has 1 unspecified atom stereocenters. The monoisotopic (exact) mass is 182 g/mol. The molecule has 3 heteroatoms. The van der Waals surface area contributed by atoms with Crippen molar-refractivity contribution in [1.29, 1.82) is 0 Å². The van der Waals surface area contributed by atoms with E-state index < -0.39 is 0 Å². The summed E-state index contributed by atoms with van der Waals surface area (Å²) in [6.45, 7) is 2.38. The second-order valence-electron chi connectivity index (χ2n) is 3.17. The molecule has 1 saturated heterocycles. The van der Waals surface area contributed by atoms with E-state index in [0.29, 0.717) is 17.9 Å². The summed E-state index contributed by atoms with van der Waals surface area (Å²) in [5.41, 5.74) is 1.41. The number of methoxy groups -OCH3 is 1. The molecule has 0 spiro atoms. The molecule has 0 saturated carbocycles. The first-order valence-corrected chi connectivity index (χ1v) is 4.18. The Kier molecular flexibility index (Phi) is 1.96. The van der Waals surface area contributed by atoms with Crippen LogP contribution in [0.5, 0.6) is 5.75 Å². The van der Waals surface area contributed by atoms with Crippen LogP contribution in [0.15, 0.2) is 12.1 Å². The summed E-state index contributed by atoms with van der Waals surface area (Å²) >= 11 is 0. The van der Waals surface area contributed by atoms with E-state index in [1.165, 1.54) is 6.07 Å². The number of aryl methyl sites for hydroxylation is 1. The zero-order valence-electron chi connectivity index (χ0n) is 7.63. The number of hydrogen-bond donors (Lipinski definition) is 0. The van der Waals surface area contributed by atoms with Gasteiger partial charge in [0.15, 0.2) is 0 Å². The molecule has 1 aromatic carbocycles. The van der Waals surface area contributed by atoms with Gasteiger partial charge in [0.25, 0.3) is 0 Å². The topological polar surface area (TPSA) is 21.8 Å². The molecular formula is C10H11FO2. The highest BCUT2D eigenvalue weighted by Gasteiger charge is 2.28. The normalized spacial score (nSPS) is 20.1. The molecule has 0 aromatic heterocycles. The summed E-state index contributed by atoms with van der Waals surface area (Å²) in [5.74, 6) is 0.507. The molecule has 2 nitrogen and oxygen atoms in total. The van der Waals surface area contributed by atoms with Crippen molar-refractivity contribution in [3.8, 4) is 5.75 Å². The Labute approximate surface area is 76.3 Å². The summed E-state index contributed by atoms with van der Waals surface area (Å²) in [4.78, 5) is 0. The van der Waals surface area contributed by atoms with Gasteiger partial charge in [0.05, 0.1) is 13.7 Å². The van der Waals surface area contributed by atoms with Crippen molar-refractivity contribution >= 4 is 0 Å². The van der Waals surface area contributed by atoms with E-state index in [0.717, 1.165) is 5.56 Å². The van der Waals surface area contributed by atoms with Crippen LogP contribution in [0.2, 0.25) is 0 Å². The van der Waals surface area contributed by atoms with Crippen molar-refractivity contribution in [2.45, 2.75) is 13.0 Å². The molecule has 0 radical (unpaired) electrons. The van der Waals surface area contributed by atoms with E-state index in [1.54, 1.807) is 20.1 Å².